The number of hydrogen-bond acceptors (Lipinski definition) is 6. The predicted molar refractivity (Wildman–Crippen MR) is 134 cm³/mol. The molecule has 1 aliphatic carbocycles. The zero-order valence-electron chi connectivity index (χ0n) is 19.5. The van der Waals surface area contributed by atoms with Gasteiger partial charge in [-0.25, -0.2) is 4.98 Å². The highest BCUT2D eigenvalue weighted by molar-refractivity contribution is 7.98. The van der Waals surface area contributed by atoms with E-state index in [2.05, 4.69) is 29.1 Å². The highest BCUT2D eigenvalue weighted by Gasteiger charge is 2.42. The molecule has 2 aliphatic rings. The molecule has 2 heterocycles. The van der Waals surface area contributed by atoms with Gasteiger partial charge in [0, 0.05) is 23.6 Å². The van der Waals surface area contributed by atoms with E-state index >= 15 is 0 Å². The van der Waals surface area contributed by atoms with Crippen LogP contribution in [0.15, 0.2) is 75.8 Å². The number of thioether (sulfide) groups is 1. The van der Waals surface area contributed by atoms with Gasteiger partial charge >= 0.3 is 0 Å². The van der Waals surface area contributed by atoms with Crippen molar-refractivity contribution < 1.29 is 9.53 Å². The third-order valence-corrected chi connectivity index (χ3v) is 6.94. The number of benzene rings is 2. The summed E-state index contributed by atoms with van der Waals surface area (Å²) in [4.78, 5) is 34.0. The Kier molecular flexibility index (Phi) is 5.81. The monoisotopic (exact) mass is 473 g/mol. The molecule has 0 unspecified atom stereocenters. The summed E-state index contributed by atoms with van der Waals surface area (Å²) < 4.78 is 5.94. The number of aromatic amines is 1. The van der Waals surface area contributed by atoms with Crippen molar-refractivity contribution in [3.05, 3.63) is 92.9 Å². The van der Waals surface area contributed by atoms with Gasteiger partial charge in [0.1, 0.15) is 18.2 Å². The quantitative estimate of drug-likeness (QED) is 0.388. The summed E-state index contributed by atoms with van der Waals surface area (Å²) in [7, 11) is 0. The largest absolute Gasteiger partial charge is 0.489 e. The lowest BCUT2D eigenvalue weighted by Crippen LogP contribution is -2.37. The van der Waals surface area contributed by atoms with Crippen LogP contribution in [-0.4, -0.2) is 22.0 Å². The number of rotatable bonds is 5. The molecule has 0 amide bonds. The van der Waals surface area contributed by atoms with Crippen LogP contribution in [0.3, 0.4) is 0 Å². The lowest BCUT2D eigenvalue weighted by atomic mass is 9.69. The molecule has 3 aromatic rings. The van der Waals surface area contributed by atoms with E-state index in [9.17, 15) is 9.59 Å². The highest BCUT2D eigenvalue weighted by Crippen LogP contribution is 2.47. The standard InChI is InChI=1S/C27H27N3O3S/c1-27(2)13-19-22(20(31)14-27)21(23-24(28-19)29-26(34-3)30-25(23)32)17-9-11-18(12-10-17)33-15-16-7-5-4-6-8-16/h4-12,21H,13-15H2,1-3H3,(H2,28,29,30,32)/t21-/m1/s1. The molecule has 1 atom stereocenters. The predicted octanol–water partition coefficient (Wildman–Crippen LogP) is 5.27. The van der Waals surface area contributed by atoms with Gasteiger partial charge in [0.2, 0.25) is 0 Å². The van der Waals surface area contributed by atoms with Crippen molar-refractivity contribution in [1.29, 1.82) is 0 Å². The van der Waals surface area contributed by atoms with Crippen molar-refractivity contribution in [2.24, 2.45) is 5.41 Å². The number of carbonyl (C=O) groups excluding carboxylic acids is 1. The summed E-state index contributed by atoms with van der Waals surface area (Å²) in [6.45, 7) is 4.66. The van der Waals surface area contributed by atoms with E-state index in [0.717, 1.165) is 29.0 Å². The zero-order chi connectivity index (χ0) is 23.9. The highest BCUT2D eigenvalue weighted by atomic mass is 32.2. The van der Waals surface area contributed by atoms with Crippen LogP contribution in [0.1, 0.15) is 49.3 Å². The van der Waals surface area contributed by atoms with E-state index in [-0.39, 0.29) is 16.8 Å². The summed E-state index contributed by atoms with van der Waals surface area (Å²) in [6.07, 6.45) is 3.05. The summed E-state index contributed by atoms with van der Waals surface area (Å²) >= 11 is 1.38. The van der Waals surface area contributed by atoms with Crippen molar-refractivity contribution >= 4 is 23.4 Å². The first-order chi connectivity index (χ1) is 16.3. The molecule has 7 heteroatoms. The van der Waals surface area contributed by atoms with Gasteiger partial charge in [0.15, 0.2) is 10.9 Å². The molecule has 0 bridgehead atoms. The average Bonchev–Trinajstić information content (AvgIpc) is 2.81. The van der Waals surface area contributed by atoms with Gasteiger partial charge in [-0.2, -0.15) is 0 Å². The third-order valence-electron chi connectivity index (χ3n) is 6.36. The Morgan fingerprint density at radius 1 is 1.06 bits per heavy atom. The molecule has 2 N–H and O–H groups in total. The number of hydrogen-bond donors (Lipinski definition) is 2. The van der Waals surface area contributed by atoms with Gasteiger partial charge in [0.25, 0.3) is 5.56 Å². The van der Waals surface area contributed by atoms with Crippen LogP contribution in [0.25, 0.3) is 0 Å². The fourth-order valence-corrected chi connectivity index (χ4v) is 5.20. The number of aromatic nitrogens is 2. The average molecular weight is 474 g/mol. The minimum Gasteiger partial charge on any atom is -0.489 e. The maximum absolute atomic E-state index is 13.3. The summed E-state index contributed by atoms with van der Waals surface area (Å²) in [5.74, 6) is 0.876. The first-order valence-corrected chi connectivity index (χ1v) is 12.6. The molecule has 34 heavy (non-hydrogen) atoms. The van der Waals surface area contributed by atoms with E-state index in [0.29, 0.717) is 35.1 Å². The van der Waals surface area contributed by atoms with Crippen molar-refractivity contribution in [3.8, 4) is 5.75 Å². The first-order valence-electron chi connectivity index (χ1n) is 11.3. The minimum absolute atomic E-state index is 0.0761. The lowest BCUT2D eigenvalue weighted by Gasteiger charge is -2.38. The normalized spacial score (nSPS) is 18.7. The van der Waals surface area contributed by atoms with Gasteiger partial charge in [0.05, 0.1) is 5.56 Å². The Hall–Kier alpha value is -3.32. The Bertz CT molecular complexity index is 1330. The molecule has 1 aromatic heterocycles. The fourth-order valence-electron chi connectivity index (χ4n) is 4.82. The summed E-state index contributed by atoms with van der Waals surface area (Å²) in [6, 6.07) is 17.7. The number of allylic oxidation sites excluding steroid dienone is 2. The van der Waals surface area contributed by atoms with Gasteiger partial charge in [-0.05, 0) is 41.4 Å². The van der Waals surface area contributed by atoms with Gasteiger partial charge < -0.3 is 15.0 Å². The number of fused-ring (bicyclic) bond motifs is 1. The molecule has 0 radical (unpaired) electrons. The van der Waals surface area contributed by atoms with Crippen LogP contribution in [-0.2, 0) is 11.4 Å². The zero-order valence-corrected chi connectivity index (χ0v) is 20.3. The molecule has 0 spiro atoms. The molecular weight excluding hydrogens is 446 g/mol. The maximum Gasteiger partial charge on any atom is 0.257 e. The second-order valence-electron chi connectivity index (χ2n) is 9.57. The number of ether oxygens (including phenoxy) is 1. The van der Waals surface area contributed by atoms with Crippen molar-refractivity contribution in [3.63, 3.8) is 0 Å². The van der Waals surface area contributed by atoms with Crippen LogP contribution in [0.5, 0.6) is 5.75 Å². The smallest absolute Gasteiger partial charge is 0.257 e. The van der Waals surface area contributed by atoms with Gasteiger partial charge in [-0.3, -0.25) is 9.59 Å². The topological polar surface area (TPSA) is 84.1 Å². The number of Topliss-reactive ketones (excluding diaryl/α,β-unsaturated/α-hetero) is 1. The molecule has 5 rings (SSSR count). The Morgan fingerprint density at radius 2 is 1.79 bits per heavy atom. The second-order valence-corrected chi connectivity index (χ2v) is 10.4. The van der Waals surface area contributed by atoms with Gasteiger partial charge in [-0.15, -0.1) is 0 Å². The van der Waals surface area contributed by atoms with E-state index < -0.39 is 5.92 Å². The second kappa shape index (κ2) is 8.80. The molecule has 174 valence electrons. The number of ketones is 1. The first kappa shape index (κ1) is 22.5. The number of nitrogens with zero attached hydrogens (tertiary/aromatic N) is 1. The fraction of sp³-hybridized carbons (Fsp3) is 0.296. The number of anilines is 1. The van der Waals surface area contributed by atoms with Crippen molar-refractivity contribution in [2.75, 3.05) is 11.6 Å². The summed E-state index contributed by atoms with van der Waals surface area (Å²) in [5, 5.41) is 3.89. The number of H-pyrrole nitrogens is 1. The SMILES string of the molecule is CSc1nc2c(c(=O)[nH]1)[C@H](c1ccc(OCc3ccccc3)cc1)C1=C(CC(C)(C)CC1=O)N2. The number of nitrogens with one attached hydrogen (secondary N) is 2. The Morgan fingerprint density at radius 3 is 2.50 bits per heavy atom. The van der Waals surface area contributed by atoms with Crippen LogP contribution >= 0.6 is 11.8 Å². The third kappa shape index (κ3) is 4.28. The molecule has 1 aliphatic heterocycles. The van der Waals surface area contributed by atoms with Crippen molar-refractivity contribution in [1.82, 2.24) is 9.97 Å². The molecule has 2 aromatic carbocycles. The van der Waals surface area contributed by atoms with E-state index in [1.54, 1.807) is 0 Å². The van der Waals surface area contributed by atoms with Crippen molar-refractivity contribution in [2.45, 2.75) is 44.4 Å². The van der Waals surface area contributed by atoms with Crippen LogP contribution in [0.2, 0.25) is 0 Å². The van der Waals surface area contributed by atoms with E-state index in [1.165, 1.54) is 11.8 Å². The van der Waals surface area contributed by atoms with Gasteiger partial charge in [-0.1, -0.05) is 68.1 Å². The Balaban J connectivity index is 1.54. The molecular formula is C27H27N3O3S. The molecule has 0 saturated carbocycles. The molecule has 6 nitrogen and oxygen atoms in total. The minimum atomic E-state index is -0.467. The van der Waals surface area contributed by atoms with E-state index in [4.69, 9.17) is 4.74 Å². The molecule has 0 saturated heterocycles. The van der Waals surface area contributed by atoms with Crippen LogP contribution in [0, 0.1) is 5.41 Å². The Labute approximate surface area is 202 Å². The van der Waals surface area contributed by atoms with Crippen LogP contribution in [0.4, 0.5) is 5.82 Å². The number of carbonyl (C=O) groups is 1. The van der Waals surface area contributed by atoms with E-state index in [1.807, 2.05) is 60.9 Å². The lowest BCUT2D eigenvalue weighted by molar-refractivity contribution is -0.118. The summed E-state index contributed by atoms with van der Waals surface area (Å²) in [5.41, 5.74) is 3.63. The molecule has 0 fully saturated rings. The van der Waals surface area contributed by atoms with Crippen LogP contribution < -0.4 is 15.6 Å². The maximum atomic E-state index is 13.3.